The molecule has 0 rings (SSSR count). The minimum atomic E-state index is -0.543. The Hall–Kier alpha value is -1.06. The molecule has 0 aliphatic rings. The van der Waals surface area contributed by atoms with E-state index in [1.807, 2.05) is 27.7 Å². The topological polar surface area (TPSA) is 55.4 Å². The summed E-state index contributed by atoms with van der Waals surface area (Å²) in [6.45, 7) is 7.70. The number of carbonyl (C=O) groups excluding carboxylic acids is 2. The number of hydrogen-bond acceptors (Lipinski definition) is 3. The number of hydrogen-bond donors (Lipinski definition) is 1. The van der Waals surface area contributed by atoms with E-state index < -0.39 is 6.04 Å². The molecule has 1 amide bonds. The van der Waals surface area contributed by atoms with E-state index in [2.05, 4.69) is 10.1 Å². The van der Waals surface area contributed by atoms with E-state index in [1.54, 1.807) is 0 Å². The molecule has 16 heavy (non-hydrogen) atoms. The Labute approximate surface area is 97.7 Å². The van der Waals surface area contributed by atoms with Gasteiger partial charge in [0.15, 0.2) is 0 Å². The van der Waals surface area contributed by atoms with Gasteiger partial charge in [-0.15, -0.1) is 0 Å². The van der Waals surface area contributed by atoms with Crippen molar-refractivity contribution in [1.82, 2.24) is 5.32 Å². The van der Waals surface area contributed by atoms with Gasteiger partial charge in [-0.1, -0.05) is 27.7 Å². The van der Waals surface area contributed by atoms with Crippen molar-refractivity contribution in [3.05, 3.63) is 0 Å². The predicted octanol–water partition coefficient (Wildman–Crippen LogP) is 1.74. The van der Waals surface area contributed by atoms with Crippen LogP contribution in [0.2, 0.25) is 0 Å². The van der Waals surface area contributed by atoms with Crippen molar-refractivity contribution in [3.63, 3.8) is 0 Å². The fraction of sp³-hybridized carbons (Fsp3) is 0.833. The zero-order valence-corrected chi connectivity index (χ0v) is 10.9. The monoisotopic (exact) mass is 229 g/mol. The van der Waals surface area contributed by atoms with Crippen molar-refractivity contribution in [1.29, 1.82) is 0 Å². The van der Waals surface area contributed by atoms with Crippen LogP contribution < -0.4 is 5.32 Å². The Kier molecular flexibility index (Phi) is 6.77. The van der Waals surface area contributed by atoms with Gasteiger partial charge in [-0.25, -0.2) is 4.79 Å². The summed E-state index contributed by atoms with van der Waals surface area (Å²) in [4.78, 5) is 23.3. The molecule has 94 valence electrons. The average molecular weight is 229 g/mol. The smallest absolute Gasteiger partial charge is 0.328 e. The van der Waals surface area contributed by atoms with Crippen molar-refractivity contribution in [2.45, 2.75) is 46.6 Å². The molecule has 0 bridgehead atoms. The second-order valence-corrected chi connectivity index (χ2v) is 4.27. The van der Waals surface area contributed by atoms with Crippen molar-refractivity contribution < 1.29 is 14.3 Å². The van der Waals surface area contributed by atoms with Gasteiger partial charge in [-0.3, -0.25) is 4.79 Å². The standard InChI is InChI=1S/C12H23NO3/c1-6-9(7-2)11(14)13-10(8(3)4)12(15)16-5/h8-10H,6-7H2,1-5H3,(H,13,14). The molecule has 4 nitrogen and oxygen atoms in total. The molecule has 1 atom stereocenters. The fourth-order valence-electron chi connectivity index (χ4n) is 1.56. The maximum Gasteiger partial charge on any atom is 0.328 e. The Morgan fingerprint density at radius 1 is 1.19 bits per heavy atom. The molecule has 0 saturated heterocycles. The predicted molar refractivity (Wildman–Crippen MR) is 62.9 cm³/mol. The van der Waals surface area contributed by atoms with Crippen molar-refractivity contribution in [2.24, 2.45) is 11.8 Å². The third kappa shape index (κ3) is 4.21. The summed E-state index contributed by atoms with van der Waals surface area (Å²) in [7, 11) is 1.33. The van der Waals surface area contributed by atoms with E-state index in [0.29, 0.717) is 0 Å². The number of amides is 1. The number of nitrogens with one attached hydrogen (secondary N) is 1. The van der Waals surface area contributed by atoms with Gasteiger partial charge in [0.25, 0.3) is 0 Å². The molecular formula is C12H23NO3. The largest absolute Gasteiger partial charge is 0.467 e. The lowest BCUT2D eigenvalue weighted by atomic mass is 9.99. The summed E-state index contributed by atoms with van der Waals surface area (Å²) >= 11 is 0. The molecule has 0 saturated carbocycles. The quantitative estimate of drug-likeness (QED) is 0.706. The SMILES string of the molecule is CCC(CC)C(=O)NC(C(=O)OC)C(C)C. The molecule has 0 radical (unpaired) electrons. The highest BCUT2D eigenvalue weighted by Crippen LogP contribution is 2.10. The first-order valence-corrected chi connectivity index (χ1v) is 5.86. The van der Waals surface area contributed by atoms with E-state index in [0.717, 1.165) is 12.8 Å². The second kappa shape index (κ2) is 7.25. The number of rotatable bonds is 6. The molecule has 0 aromatic rings. The Bertz CT molecular complexity index is 234. The average Bonchev–Trinajstić information content (AvgIpc) is 2.26. The molecule has 0 aliphatic heterocycles. The molecule has 0 aromatic carbocycles. The van der Waals surface area contributed by atoms with Gasteiger partial charge in [0, 0.05) is 5.92 Å². The highest BCUT2D eigenvalue weighted by atomic mass is 16.5. The minimum absolute atomic E-state index is 0.0223. The van der Waals surface area contributed by atoms with Crippen LogP contribution in [0, 0.1) is 11.8 Å². The highest BCUT2D eigenvalue weighted by Gasteiger charge is 2.26. The molecule has 4 heteroatoms. The zero-order chi connectivity index (χ0) is 12.7. The van der Waals surface area contributed by atoms with Crippen LogP contribution in [0.5, 0.6) is 0 Å². The molecule has 0 aliphatic carbocycles. The number of carbonyl (C=O) groups is 2. The minimum Gasteiger partial charge on any atom is -0.467 e. The lowest BCUT2D eigenvalue weighted by molar-refractivity contribution is -0.147. The summed E-state index contributed by atoms with van der Waals surface area (Å²) in [5.41, 5.74) is 0. The Morgan fingerprint density at radius 2 is 1.69 bits per heavy atom. The lowest BCUT2D eigenvalue weighted by Crippen LogP contribution is -2.47. The van der Waals surface area contributed by atoms with Gasteiger partial charge < -0.3 is 10.1 Å². The zero-order valence-electron chi connectivity index (χ0n) is 10.9. The van der Waals surface area contributed by atoms with Gasteiger partial charge in [0.1, 0.15) is 6.04 Å². The number of ether oxygens (including phenoxy) is 1. The van der Waals surface area contributed by atoms with E-state index in [-0.39, 0.29) is 23.7 Å². The van der Waals surface area contributed by atoms with Crippen molar-refractivity contribution in [3.8, 4) is 0 Å². The molecule has 1 N–H and O–H groups in total. The molecule has 1 unspecified atom stereocenters. The molecule has 0 spiro atoms. The van der Waals surface area contributed by atoms with Crippen molar-refractivity contribution >= 4 is 11.9 Å². The van der Waals surface area contributed by atoms with Crippen LogP contribution in [-0.4, -0.2) is 25.0 Å². The maximum absolute atomic E-state index is 11.8. The maximum atomic E-state index is 11.8. The molecular weight excluding hydrogens is 206 g/mol. The molecule has 0 aromatic heterocycles. The summed E-state index contributed by atoms with van der Waals surface area (Å²) in [5, 5.41) is 2.76. The van der Waals surface area contributed by atoms with Crippen LogP contribution in [0.15, 0.2) is 0 Å². The van der Waals surface area contributed by atoms with Crippen LogP contribution in [0.25, 0.3) is 0 Å². The van der Waals surface area contributed by atoms with Crippen molar-refractivity contribution in [2.75, 3.05) is 7.11 Å². The molecule has 0 heterocycles. The Balaban J connectivity index is 4.51. The third-order valence-corrected chi connectivity index (χ3v) is 2.78. The lowest BCUT2D eigenvalue weighted by Gasteiger charge is -2.22. The summed E-state index contributed by atoms with van der Waals surface area (Å²) in [5.74, 6) is -0.430. The van der Waals surface area contributed by atoms with Gasteiger partial charge in [0.05, 0.1) is 7.11 Å². The van der Waals surface area contributed by atoms with Gasteiger partial charge >= 0.3 is 5.97 Å². The van der Waals surface area contributed by atoms with Gasteiger partial charge in [-0.2, -0.15) is 0 Å². The summed E-state index contributed by atoms with van der Waals surface area (Å²) < 4.78 is 4.67. The normalized spacial score (nSPS) is 12.7. The molecule has 0 fully saturated rings. The van der Waals surface area contributed by atoms with E-state index in [9.17, 15) is 9.59 Å². The van der Waals surface area contributed by atoms with E-state index >= 15 is 0 Å². The third-order valence-electron chi connectivity index (χ3n) is 2.78. The van der Waals surface area contributed by atoms with Crippen LogP contribution >= 0.6 is 0 Å². The van der Waals surface area contributed by atoms with Crippen LogP contribution in [-0.2, 0) is 14.3 Å². The number of esters is 1. The van der Waals surface area contributed by atoms with E-state index in [1.165, 1.54) is 7.11 Å². The first-order chi connectivity index (χ1) is 7.47. The van der Waals surface area contributed by atoms with E-state index in [4.69, 9.17) is 0 Å². The van der Waals surface area contributed by atoms with Gasteiger partial charge in [-0.05, 0) is 18.8 Å². The fourth-order valence-corrected chi connectivity index (χ4v) is 1.56. The first-order valence-electron chi connectivity index (χ1n) is 5.86. The first kappa shape index (κ1) is 14.9. The van der Waals surface area contributed by atoms with Crippen LogP contribution in [0.1, 0.15) is 40.5 Å². The summed E-state index contributed by atoms with van der Waals surface area (Å²) in [6, 6.07) is -0.543. The summed E-state index contributed by atoms with van der Waals surface area (Å²) in [6.07, 6.45) is 1.57. The van der Waals surface area contributed by atoms with Crippen LogP contribution in [0.3, 0.4) is 0 Å². The Morgan fingerprint density at radius 3 is 2.00 bits per heavy atom. The highest BCUT2D eigenvalue weighted by molar-refractivity contribution is 5.85. The van der Waals surface area contributed by atoms with Gasteiger partial charge in [0.2, 0.25) is 5.91 Å². The number of methoxy groups -OCH3 is 1. The van der Waals surface area contributed by atoms with Crippen LogP contribution in [0.4, 0.5) is 0 Å². The second-order valence-electron chi connectivity index (χ2n) is 4.27.